The summed E-state index contributed by atoms with van der Waals surface area (Å²) in [5, 5.41) is 0.925. The van der Waals surface area contributed by atoms with Gasteiger partial charge in [-0.25, -0.2) is 4.98 Å². The van der Waals surface area contributed by atoms with Gasteiger partial charge in [0.15, 0.2) is 11.5 Å². The molecule has 0 spiro atoms. The number of amides is 1. The van der Waals surface area contributed by atoms with Crippen molar-refractivity contribution < 1.29 is 14.3 Å². The van der Waals surface area contributed by atoms with Crippen molar-refractivity contribution in [2.75, 3.05) is 38.8 Å². The van der Waals surface area contributed by atoms with E-state index in [0.717, 1.165) is 79.2 Å². The summed E-state index contributed by atoms with van der Waals surface area (Å²) in [5.74, 6) is 3.15. The first-order valence-corrected chi connectivity index (χ1v) is 11.7. The second kappa shape index (κ2) is 8.93. The van der Waals surface area contributed by atoms with Crippen molar-refractivity contribution in [1.29, 1.82) is 0 Å². The van der Waals surface area contributed by atoms with E-state index in [-0.39, 0.29) is 5.91 Å². The molecular weight excluding hydrogens is 414 g/mol. The monoisotopic (exact) mass is 445 g/mol. The maximum absolute atomic E-state index is 13.6. The molecule has 2 aliphatic rings. The average molecular weight is 446 g/mol. The minimum atomic E-state index is 0.116. The van der Waals surface area contributed by atoms with Gasteiger partial charge in [-0.1, -0.05) is 25.1 Å². The van der Waals surface area contributed by atoms with Crippen LogP contribution in [0.2, 0.25) is 0 Å². The van der Waals surface area contributed by atoms with Crippen LogP contribution >= 0.6 is 0 Å². The van der Waals surface area contributed by atoms with E-state index < -0.39 is 0 Å². The SMILES string of the molecule is COc1cc2c(cc1OC)CN(c1cc(C(=O)N3CCC(C)CC3)c3ccccc3n1)CC2. The van der Waals surface area contributed by atoms with E-state index in [9.17, 15) is 4.79 Å². The lowest BCUT2D eigenvalue weighted by Crippen LogP contribution is -2.38. The molecule has 3 heterocycles. The summed E-state index contributed by atoms with van der Waals surface area (Å²) in [6, 6.07) is 14.1. The van der Waals surface area contributed by atoms with Gasteiger partial charge in [-0.15, -0.1) is 0 Å². The topological polar surface area (TPSA) is 54.9 Å². The lowest BCUT2D eigenvalue weighted by atomic mass is 9.97. The molecule has 6 heteroatoms. The number of anilines is 1. The van der Waals surface area contributed by atoms with Gasteiger partial charge in [0.05, 0.1) is 25.3 Å². The van der Waals surface area contributed by atoms with Crippen LogP contribution in [0.25, 0.3) is 10.9 Å². The predicted molar refractivity (Wildman–Crippen MR) is 130 cm³/mol. The van der Waals surface area contributed by atoms with Gasteiger partial charge in [0, 0.05) is 31.6 Å². The first-order chi connectivity index (χ1) is 16.1. The van der Waals surface area contributed by atoms with Gasteiger partial charge in [0.25, 0.3) is 5.91 Å². The zero-order valence-electron chi connectivity index (χ0n) is 19.6. The number of piperidine rings is 1. The van der Waals surface area contributed by atoms with Crippen LogP contribution in [0.3, 0.4) is 0 Å². The second-order valence-electron chi connectivity index (χ2n) is 9.17. The van der Waals surface area contributed by atoms with Crippen LogP contribution < -0.4 is 14.4 Å². The molecule has 0 N–H and O–H groups in total. The first-order valence-electron chi connectivity index (χ1n) is 11.7. The average Bonchev–Trinajstić information content (AvgIpc) is 2.86. The number of rotatable bonds is 4. The Balaban J connectivity index is 1.50. The van der Waals surface area contributed by atoms with Crippen molar-refractivity contribution in [3.63, 3.8) is 0 Å². The molecule has 172 valence electrons. The third-order valence-electron chi connectivity index (χ3n) is 7.05. The lowest BCUT2D eigenvalue weighted by molar-refractivity contribution is 0.0699. The third kappa shape index (κ3) is 4.10. The fourth-order valence-electron chi connectivity index (χ4n) is 4.96. The molecule has 2 aromatic carbocycles. The van der Waals surface area contributed by atoms with Crippen LogP contribution in [0.4, 0.5) is 5.82 Å². The number of fused-ring (bicyclic) bond motifs is 2. The Morgan fingerprint density at radius 2 is 1.67 bits per heavy atom. The molecule has 0 radical (unpaired) electrons. The maximum atomic E-state index is 13.6. The van der Waals surface area contributed by atoms with E-state index in [0.29, 0.717) is 5.92 Å². The minimum absolute atomic E-state index is 0.116. The van der Waals surface area contributed by atoms with Gasteiger partial charge in [-0.3, -0.25) is 4.79 Å². The lowest BCUT2D eigenvalue weighted by Gasteiger charge is -2.32. The number of carbonyl (C=O) groups excluding carboxylic acids is 1. The molecule has 1 saturated heterocycles. The van der Waals surface area contributed by atoms with E-state index >= 15 is 0 Å². The zero-order chi connectivity index (χ0) is 22.9. The summed E-state index contributed by atoms with van der Waals surface area (Å²) < 4.78 is 11.0. The number of hydrogen-bond acceptors (Lipinski definition) is 5. The molecule has 0 unspecified atom stereocenters. The van der Waals surface area contributed by atoms with Crippen molar-refractivity contribution in [3.05, 3.63) is 59.2 Å². The second-order valence-corrected chi connectivity index (χ2v) is 9.17. The number of para-hydroxylation sites is 1. The standard InChI is InChI=1S/C27H31N3O3/c1-18-8-11-29(12-9-18)27(31)22-16-26(28-23-7-5-4-6-21(22)23)30-13-10-19-14-24(32-2)25(33-3)15-20(19)17-30/h4-7,14-16,18H,8-13,17H2,1-3H3. The maximum Gasteiger partial charge on any atom is 0.254 e. The third-order valence-corrected chi connectivity index (χ3v) is 7.05. The van der Waals surface area contributed by atoms with E-state index in [4.69, 9.17) is 14.5 Å². The highest BCUT2D eigenvalue weighted by Gasteiger charge is 2.26. The predicted octanol–water partition coefficient (Wildman–Crippen LogP) is 4.69. The molecular formula is C27H31N3O3. The summed E-state index contributed by atoms with van der Waals surface area (Å²) in [5.41, 5.74) is 4.08. The molecule has 5 rings (SSSR count). The molecule has 0 atom stereocenters. The summed E-state index contributed by atoms with van der Waals surface area (Å²) in [6.07, 6.45) is 3.02. The Hall–Kier alpha value is -3.28. The summed E-state index contributed by atoms with van der Waals surface area (Å²) in [7, 11) is 3.33. The number of likely N-dealkylation sites (tertiary alicyclic amines) is 1. The highest BCUT2D eigenvalue weighted by atomic mass is 16.5. The molecule has 0 aliphatic carbocycles. The van der Waals surface area contributed by atoms with E-state index in [1.54, 1.807) is 14.2 Å². The van der Waals surface area contributed by atoms with Crippen LogP contribution in [0, 0.1) is 5.92 Å². The van der Waals surface area contributed by atoms with Crippen molar-refractivity contribution in [2.45, 2.75) is 32.7 Å². The van der Waals surface area contributed by atoms with Gasteiger partial charge in [-0.05, 0) is 60.6 Å². The number of benzene rings is 2. The highest BCUT2D eigenvalue weighted by molar-refractivity contribution is 6.07. The van der Waals surface area contributed by atoms with E-state index in [2.05, 4.69) is 24.0 Å². The quantitative estimate of drug-likeness (QED) is 0.583. The highest BCUT2D eigenvalue weighted by Crippen LogP contribution is 2.35. The van der Waals surface area contributed by atoms with E-state index in [1.165, 1.54) is 11.1 Å². The van der Waals surface area contributed by atoms with Gasteiger partial charge < -0.3 is 19.3 Å². The van der Waals surface area contributed by atoms with Crippen LogP contribution in [0.1, 0.15) is 41.3 Å². The summed E-state index contributed by atoms with van der Waals surface area (Å²) in [4.78, 5) is 22.8. The molecule has 1 aromatic heterocycles. The van der Waals surface area contributed by atoms with Gasteiger partial charge in [0.1, 0.15) is 5.82 Å². The fourth-order valence-corrected chi connectivity index (χ4v) is 4.96. The van der Waals surface area contributed by atoms with Crippen molar-refractivity contribution in [3.8, 4) is 11.5 Å². The van der Waals surface area contributed by atoms with Gasteiger partial charge in [-0.2, -0.15) is 0 Å². The number of nitrogens with zero attached hydrogens (tertiary/aromatic N) is 3. The largest absolute Gasteiger partial charge is 0.493 e. The molecule has 0 bridgehead atoms. The van der Waals surface area contributed by atoms with Crippen LogP contribution in [0.15, 0.2) is 42.5 Å². The number of pyridine rings is 1. The van der Waals surface area contributed by atoms with Crippen molar-refractivity contribution >= 4 is 22.6 Å². The van der Waals surface area contributed by atoms with Gasteiger partial charge in [0.2, 0.25) is 0 Å². The molecule has 1 amide bonds. The fraction of sp³-hybridized carbons (Fsp3) is 0.407. The number of aromatic nitrogens is 1. The molecule has 0 saturated carbocycles. The Morgan fingerprint density at radius 1 is 0.970 bits per heavy atom. The Bertz CT molecular complexity index is 1180. The molecule has 33 heavy (non-hydrogen) atoms. The Morgan fingerprint density at radius 3 is 2.39 bits per heavy atom. The van der Waals surface area contributed by atoms with Crippen LogP contribution in [0.5, 0.6) is 11.5 Å². The van der Waals surface area contributed by atoms with Crippen molar-refractivity contribution in [2.24, 2.45) is 5.92 Å². The smallest absolute Gasteiger partial charge is 0.254 e. The van der Waals surface area contributed by atoms with Crippen LogP contribution in [-0.4, -0.2) is 49.6 Å². The number of ether oxygens (including phenoxy) is 2. The van der Waals surface area contributed by atoms with Crippen LogP contribution in [-0.2, 0) is 13.0 Å². The number of carbonyl (C=O) groups is 1. The number of methoxy groups -OCH3 is 2. The van der Waals surface area contributed by atoms with Gasteiger partial charge >= 0.3 is 0 Å². The molecule has 2 aliphatic heterocycles. The zero-order valence-corrected chi connectivity index (χ0v) is 19.6. The normalized spacial score (nSPS) is 16.6. The molecule has 6 nitrogen and oxygen atoms in total. The summed E-state index contributed by atoms with van der Waals surface area (Å²) in [6.45, 7) is 5.47. The minimum Gasteiger partial charge on any atom is -0.493 e. The molecule has 1 fully saturated rings. The Labute approximate surface area is 195 Å². The first kappa shape index (κ1) is 21.6. The Kier molecular flexibility index (Phi) is 5.83. The van der Waals surface area contributed by atoms with Crippen molar-refractivity contribution in [1.82, 2.24) is 9.88 Å². The molecule has 3 aromatic rings. The summed E-state index contributed by atoms with van der Waals surface area (Å²) >= 11 is 0. The van der Waals surface area contributed by atoms with E-state index in [1.807, 2.05) is 35.2 Å². The number of hydrogen-bond donors (Lipinski definition) is 0.